The Morgan fingerprint density at radius 1 is 1.48 bits per heavy atom. The van der Waals surface area contributed by atoms with Crippen molar-refractivity contribution in [1.29, 1.82) is 0 Å². The van der Waals surface area contributed by atoms with Crippen molar-refractivity contribution < 1.29 is 27.3 Å². The Morgan fingerprint density at radius 3 is 2.71 bits per heavy atom. The van der Waals surface area contributed by atoms with Crippen molar-refractivity contribution in [2.45, 2.75) is 37.9 Å². The van der Waals surface area contributed by atoms with Crippen molar-refractivity contribution in [3.8, 4) is 5.75 Å². The fraction of sp³-hybridized carbons (Fsp3) is 0.462. The molecule has 0 aliphatic carbocycles. The molecule has 1 rings (SSSR count). The number of carbonyl (C=O) groups excluding carboxylic acids is 1. The lowest BCUT2D eigenvalue weighted by molar-refractivity contribution is -0.274. The second-order valence-electron chi connectivity index (χ2n) is 4.53. The minimum Gasteiger partial charge on any atom is -0.588 e. The molecule has 0 radical (unpaired) electrons. The Hall–Kier alpha value is -1.41. The van der Waals surface area contributed by atoms with E-state index in [0.29, 0.717) is 0 Å². The van der Waals surface area contributed by atoms with Crippen LogP contribution in [0.2, 0.25) is 0 Å². The van der Waals surface area contributed by atoms with Crippen LogP contribution in [0.1, 0.15) is 26.7 Å². The summed E-state index contributed by atoms with van der Waals surface area (Å²) in [5.41, 5.74) is 0. The van der Waals surface area contributed by atoms with Crippen molar-refractivity contribution in [2.75, 3.05) is 0 Å². The minimum absolute atomic E-state index is 0.0363. The molecule has 0 heterocycles. The van der Waals surface area contributed by atoms with E-state index in [0.717, 1.165) is 18.6 Å². The maximum atomic E-state index is 12.1. The van der Waals surface area contributed by atoms with Crippen LogP contribution in [-0.4, -0.2) is 16.8 Å². The fourth-order valence-electron chi connectivity index (χ4n) is 1.45. The van der Waals surface area contributed by atoms with Crippen LogP contribution in [0.3, 0.4) is 0 Å². The monoisotopic (exact) mass is 323 g/mol. The van der Waals surface area contributed by atoms with Crippen molar-refractivity contribution in [3.63, 3.8) is 0 Å². The molecule has 21 heavy (non-hydrogen) atoms. The molecule has 1 unspecified atom stereocenters. The third kappa shape index (κ3) is 6.72. The zero-order chi connectivity index (χ0) is 16.0. The van der Waals surface area contributed by atoms with Crippen molar-refractivity contribution in [3.05, 3.63) is 24.3 Å². The molecule has 0 aliphatic heterocycles. The lowest BCUT2D eigenvalue weighted by Crippen LogP contribution is -2.31. The number of hydrogen-bond acceptors (Lipinski definition) is 3. The van der Waals surface area contributed by atoms with E-state index in [1.165, 1.54) is 12.1 Å². The van der Waals surface area contributed by atoms with Gasteiger partial charge in [0.2, 0.25) is 0 Å². The quantitative estimate of drug-likeness (QED) is 0.818. The zero-order valence-corrected chi connectivity index (χ0v) is 12.4. The standard InChI is InChI=1S/C13H16F3NO3S/c1-3-9(2)7-12(18)17-21(19)11-6-4-5-10(8-11)20-13(14,15)16/h4-6,8-9H,3,7H2,1-2H3,(H,17,18)/t9-,21?/m0/s1. The number of hydrogen-bond donors (Lipinski definition) is 1. The molecule has 0 saturated carbocycles. The first-order chi connectivity index (χ1) is 9.71. The van der Waals surface area contributed by atoms with Gasteiger partial charge in [-0.1, -0.05) is 26.3 Å². The molecule has 0 aliphatic rings. The zero-order valence-electron chi connectivity index (χ0n) is 11.6. The van der Waals surface area contributed by atoms with Gasteiger partial charge < -0.3 is 9.29 Å². The molecule has 1 aromatic rings. The first-order valence-corrected chi connectivity index (χ1v) is 7.43. The van der Waals surface area contributed by atoms with E-state index in [9.17, 15) is 22.5 Å². The van der Waals surface area contributed by atoms with Crippen LogP contribution in [0.25, 0.3) is 0 Å². The maximum Gasteiger partial charge on any atom is 0.573 e. The summed E-state index contributed by atoms with van der Waals surface area (Å²) in [5, 5.41) is 0. The molecule has 0 saturated heterocycles. The van der Waals surface area contributed by atoms with Gasteiger partial charge in [0.1, 0.15) is 17.1 Å². The molecule has 0 spiro atoms. The SMILES string of the molecule is CC[C@H](C)CC(=O)N[S+]([O-])c1cccc(OC(F)(F)F)c1. The van der Waals surface area contributed by atoms with Gasteiger partial charge >= 0.3 is 6.36 Å². The summed E-state index contributed by atoms with van der Waals surface area (Å²) in [6, 6.07) is 4.69. The molecule has 118 valence electrons. The number of nitrogens with one attached hydrogen (secondary N) is 1. The summed E-state index contributed by atoms with van der Waals surface area (Å²) in [4.78, 5) is 11.6. The van der Waals surface area contributed by atoms with Crippen LogP contribution >= 0.6 is 0 Å². The molecule has 4 nitrogen and oxygen atoms in total. The number of amides is 1. The summed E-state index contributed by atoms with van der Waals surface area (Å²) in [6.45, 7) is 3.80. The van der Waals surface area contributed by atoms with Gasteiger partial charge in [-0.05, 0) is 18.1 Å². The number of alkyl halides is 3. The van der Waals surface area contributed by atoms with Gasteiger partial charge in [0.15, 0.2) is 4.90 Å². The average Bonchev–Trinajstić information content (AvgIpc) is 2.36. The third-order valence-electron chi connectivity index (χ3n) is 2.69. The highest BCUT2D eigenvalue weighted by molar-refractivity contribution is 7.90. The predicted molar refractivity (Wildman–Crippen MR) is 71.7 cm³/mol. The van der Waals surface area contributed by atoms with Gasteiger partial charge in [-0.15, -0.1) is 13.2 Å². The van der Waals surface area contributed by atoms with Gasteiger partial charge in [0.25, 0.3) is 5.91 Å². The fourth-order valence-corrected chi connectivity index (χ4v) is 2.28. The molecule has 1 amide bonds. The van der Waals surface area contributed by atoms with Crippen LogP contribution in [0.15, 0.2) is 29.2 Å². The van der Waals surface area contributed by atoms with Gasteiger partial charge in [0.05, 0.1) is 0 Å². The molecule has 1 N–H and O–H groups in total. The number of rotatable bonds is 6. The molecule has 0 aromatic heterocycles. The van der Waals surface area contributed by atoms with E-state index in [2.05, 4.69) is 9.46 Å². The minimum atomic E-state index is -4.82. The summed E-state index contributed by atoms with van der Waals surface area (Å²) in [7, 11) is 0. The highest BCUT2D eigenvalue weighted by atomic mass is 32.2. The topological polar surface area (TPSA) is 61.4 Å². The normalized spacial score (nSPS) is 14.4. The van der Waals surface area contributed by atoms with Gasteiger partial charge in [-0.3, -0.25) is 4.79 Å². The Morgan fingerprint density at radius 2 is 2.14 bits per heavy atom. The Kier molecular flexibility index (Phi) is 6.35. The van der Waals surface area contributed by atoms with Gasteiger partial charge in [-0.2, -0.15) is 4.72 Å². The van der Waals surface area contributed by atoms with Crippen molar-refractivity contribution >= 4 is 17.3 Å². The van der Waals surface area contributed by atoms with Crippen LogP contribution in [-0.2, 0) is 16.2 Å². The number of halogens is 3. The van der Waals surface area contributed by atoms with E-state index in [-0.39, 0.29) is 17.2 Å². The number of carbonyl (C=O) groups is 1. The van der Waals surface area contributed by atoms with Crippen LogP contribution in [0.4, 0.5) is 13.2 Å². The van der Waals surface area contributed by atoms with Gasteiger partial charge in [0, 0.05) is 12.5 Å². The first kappa shape index (κ1) is 17.6. The Labute approximate surface area is 124 Å². The number of benzene rings is 1. The lowest BCUT2D eigenvalue weighted by Gasteiger charge is -2.13. The molecular weight excluding hydrogens is 307 g/mol. The van der Waals surface area contributed by atoms with Crippen LogP contribution < -0.4 is 9.46 Å². The molecule has 2 atom stereocenters. The molecule has 0 fully saturated rings. The smallest absolute Gasteiger partial charge is 0.573 e. The van der Waals surface area contributed by atoms with Crippen LogP contribution in [0.5, 0.6) is 5.75 Å². The van der Waals surface area contributed by atoms with Gasteiger partial charge in [-0.25, -0.2) is 0 Å². The van der Waals surface area contributed by atoms with E-state index in [4.69, 9.17) is 0 Å². The Bertz CT molecular complexity index is 482. The second-order valence-corrected chi connectivity index (χ2v) is 5.75. The average molecular weight is 323 g/mol. The van der Waals surface area contributed by atoms with Crippen molar-refractivity contribution in [1.82, 2.24) is 4.72 Å². The first-order valence-electron chi connectivity index (χ1n) is 6.28. The van der Waals surface area contributed by atoms with Crippen LogP contribution in [0, 0.1) is 5.92 Å². The highest BCUT2D eigenvalue weighted by Crippen LogP contribution is 2.24. The second kappa shape index (κ2) is 7.56. The third-order valence-corrected chi connectivity index (χ3v) is 3.79. The summed E-state index contributed by atoms with van der Waals surface area (Å²) in [5.74, 6) is -0.753. The highest BCUT2D eigenvalue weighted by Gasteiger charge is 2.31. The van der Waals surface area contributed by atoms with Crippen molar-refractivity contribution in [2.24, 2.45) is 5.92 Å². The molecular formula is C13H16F3NO3S. The summed E-state index contributed by atoms with van der Waals surface area (Å²) in [6.07, 6.45) is -3.81. The molecule has 0 bridgehead atoms. The molecule has 1 aromatic carbocycles. The largest absolute Gasteiger partial charge is 0.588 e. The maximum absolute atomic E-state index is 12.1. The number of ether oxygens (including phenoxy) is 1. The van der Waals surface area contributed by atoms with E-state index < -0.39 is 29.4 Å². The summed E-state index contributed by atoms with van der Waals surface area (Å²) >= 11 is -1.92. The van der Waals surface area contributed by atoms with E-state index in [1.54, 1.807) is 0 Å². The predicted octanol–water partition coefficient (Wildman–Crippen LogP) is 3.16. The molecule has 8 heteroatoms. The Balaban J connectivity index is 2.68. The summed E-state index contributed by atoms with van der Waals surface area (Å²) < 4.78 is 54.2. The lowest BCUT2D eigenvalue weighted by atomic mass is 10.1. The van der Waals surface area contributed by atoms with E-state index in [1.807, 2.05) is 13.8 Å². The van der Waals surface area contributed by atoms with E-state index >= 15 is 0 Å².